The Bertz CT molecular complexity index is 725. The first-order valence-corrected chi connectivity index (χ1v) is 8.94. The maximum atomic E-state index is 6.20. The van der Waals surface area contributed by atoms with Gasteiger partial charge in [-0.05, 0) is 48.8 Å². The molecule has 1 atom stereocenters. The Morgan fingerprint density at radius 1 is 1.35 bits per heavy atom. The van der Waals surface area contributed by atoms with Crippen LogP contribution in [0.4, 0.5) is 0 Å². The molecule has 0 radical (unpaired) electrons. The molecule has 3 nitrogen and oxygen atoms in total. The molecule has 0 saturated carbocycles. The van der Waals surface area contributed by atoms with Gasteiger partial charge in [-0.1, -0.05) is 35.8 Å². The lowest BCUT2D eigenvalue weighted by molar-refractivity contribution is 0.125. The third kappa shape index (κ3) is 3.30. The van der Waals surface area contributed by atoms with Gasteiger partial charge in [-0.15, -0.1) is 11.3 Å². The van der Waals surface area contributed by atoms with Crippen LogP contribution in [-0.2, 0) is 10.3 Å². The molecule has 0 saturated heterocycles. The second-order valence-corrected chi connectivity index (χ2v) is 7.71. The first-order chi connectivity index (χ1) is 11.0. The molecule has 1 heterocycles. The van der Waals surface area contributed by atoms with Crippen molar-refractivity contribution in [2.75, 3.05) is 27.2 Å². The average Bonchev–Trinajstić information content (AvgIpc) is 3.08. The summed E-state index contributed by atoms with van der Waals surface area (Å²) >= 11 is 7.93. The van der Waals surface area contributed by atoms with Crippen LogP contribution in [0.1, 0.15) is 29.3 Å². The summed E-state index contributed by atoms with van der Waals surface area (Å²) in [5.41, 5.74) is 3.49. The molecule has 1 aliphatic carbocycles. The zero-order chi connectivity index (χ0) is 16.4. The molecule has 5 heteroatoms. The zero-order valence-electron chi connectivity index (χ0n) is 13.7. The van der Waals surface area contributed by atoms with E-state index in [9.17, 15) is 0 Å². The van der Waals surface area contributed by atoms with Crippen LogP contribution in [0.2, 0.25) is 5.02 Å². The summed E-state index contributed by atoms with van der Waals surface area (Å²) in [7, 11) is 4.05. The summed E-state index contributed by atoms with van der Waals surface area (Å²) in [6.45, 7) is 3.72. The molecule has 2 aromatic rings. The first-order valence-electron chi connectivity index (χ1n) is 7.68. The van der Waals surface area contributed by atoms with Crippen molar-refractivity contribution in [2.45, 2.75) is 18.8 Å². The maximum Gasteiger partial charge on any atom is 0.129 e. The van der Waals surface area contributed by atoms with E-state index in [1.165, 1.54) is 16.0 Å². The average molecular weight is 349 g/mol. The highest BCUT2D eigenvalue weighted by Crippen LogP contribution is 2.46. The van der Waals surface area contributed by atoms with Gasteiger partial charge in [0.25, 0.3) is 0 Å². The van der Waals surface area contributed by atoms with E-state index in [0.717, 1.165) is 23.7 Å². The van der Waals surface area contributed by atoms with Gasteiger partial charge >= 0.3 is 0 Å². The van der Waals surface area contributed by atoms with Gasteiger partial charge in [-0.25, -0.2) is 0 Å². The number of hydrogen-bond donors (Lipinski definition) is 0. The molecule has 0 fully saturated rings. The van der Waals surface area contributed by atoms with E-state index in [1.807, 2.05) is 26.2 Å². The summed E-state index contributed by atoms with van der Waals surface area (Å²) in [6, 6.07) is 10.3. The Balaban J connectivity index is 1.87. The highest BCUT2D eigenvalue weighted by molar-refractivity contribution is 7.12. The number of rotatable bonds is 5. The van der Waals surface area contributed by atoms with E-state index in [4.69, 9.17) is 16.4 Å². The van der Waals surface area contributed by atoms with Crippen molar-refractivity contribution in [1.82, 2.24) is 4.90 Å². The van der Waals surface area contributed by atoms with Crippen LogP contribution in [0.5, 0.6) is 0 Å². The van der Waals surface area contributed by atoms with E-state index in [2.05, 4.69) is 40.6 Å². The third-order valence-corrected chi connectivity index (χ3v) is 5.51. The van der Waals surface area contributed by atoms with E-state index in [-0.39, 0.29) is 5.41 Å². The smallest absolute Gasteiger partial charge is 0.129 e. The minimum atomic E-state index is -0.0933. The molecule has 0 N–H and O–H groups in total. The number of fused-ring (bicyclic) bond motifs is 1. The predicted octanol–water partition coefficient (Wildman–Crippen LogP) is 4.39. The van der Waals surface area contributed by atoms with E-state index in [0.29, 0.717) is 6.61 Å². The highest BCUT2D eigenvalue weighted by Gasteiger charge is 2.41. The van der Waals surface area contributed by atoms with Gasteiger partial charge < -0.3 is 9.74 Å². The van der Waals surface area contributed by atoms with Crippen molar-refractivity contribution >= 4 is 28.6 Å². The summed E-state index contributed by atoms with van der Waals surface area (Å²) in [4.78, 5) is 8.85. The SMILES string of the molecule is CN(C)CCO/N=C1\CC(C)(c2cccc(Cl)c2)c2ccsc21. The predicted molar refractivity (Wildman–Crippen MR) is 97.9 cm³/mol. The minimum Gasteiger partial charge on any atom is -0.394 e. The van der Waals surface area contributed by atoms with E-state index < -0.39 is 0 Å². The Hall–Kier alpha value is -1.36. The molecule has 0 aliphatic heterocycles. The Morgan fingerprint density at radius 3 is 2.91 bits per heavy atom. The van der Waals surface area contributed by atoms with Crippen molar-refractivity contribution < 1.29 is 4.84 Å². The fourth-order valence-corrected chi connectivity index (χ4v) is 4.18. The lowest BCUT2D eigenvalue weighted by Crippen LogP contribution is -2.20. The number of benzene rings is 1. The Labute approximate surface area is 146 Å². The minimum absolute atomic E-state index is 0.0933. The van der Waals surface area contributed by atoms with E-state index in [1.54, 1.807) is 11.3 Å². The van der Waals surface area contributed by atoms with Crippen molar-refractivity contribution in [3.63, 3.8) is 0 Å². The quantitative estimate of drug-likeness (QED) is 0.591. The lowest BCUT2D eigenvalue weighted by Gasteiger charge is -2.25. The van der Waals surface area contributed by atoms with Gasteiger partial charge in [0.15, 0.2) is 0 Å². The molecule has 23 heavy (non-hydrogen) atoms. The standard InChI is InChI=1S/C18H21ClN2OS/c1-18(13-5-4-6-14(19)11-13)12-16(17-15(18)7-10-23-17)20-22-9-8-21(2)3/h4-7,10-11H,8-9,12H2,1-3H3/b20-16+. The van der Waals surface area contributed by atoms with Crippen LogP contribution in [0, 0.1) is 0 Å². The van der Waals surface area contributed by atoms with Gasteiger partial charge in [0.05, 0.1) is 10.6 Å². The number of hydrogen-bond acceptors (Lipinski definition) is 4. The molecular formula is C18H21ClN2OS. The summed E-state index contributed by atoms with van der Waals surface area (Å²) < 4.78 is 0. The van der Waals surface area contributed by atoms with Crippen molar-refractivity contribution in [3.05, 3.63) is 56.7 Å². The fourth-order valence-electron chi connectivity index (χ4n) is 2.99. The first kappa shape index (κ1) is 16.5. The normalized spacial score (nSPS) is 21.9. The molecule has 1 aromatic carbocycles. The zero-order valence-corrected chi connectivity index (χ0v) is 15.2. The summed E-state index contributed by atoms with van der Waals surface area (Å²) in [5, 5.41) is 7.32. The summed E-state index contributed by atoms with van der Waals surface area (Å²) in [6.07, 6.45) is 0.845. The topological polar surface area (TPSA) is 24.8 Å². The number of halogens is 1. The van der Waals surface area contributed by atoms with Crippen LogP contribution in [0.3, 0.4) is 0 Å². The largest absolute Gasteiger partial charge is 0.394 e. The van der Waals surface area contributed by atoms with Gasteiger partial charge in [-0.2, -0.15) is 0 Å². The van der Waals surface area contributed by atoms with Crippen molar-refractivity contribution in [1.29, 1.82) is 0 Å². The lowest BCUT2D eigenvalue weighted by atomic mass is 9.78. The Morgan fingerprint density at radius 2 is 2.17 bits per heavy atom. The van der Waals surface area contributed by atoms with Crippen molar-refractivity contribution in [3.8, 4) is 0 Å². The van der Waals surface area contributed by atoms with Gasteiger partial charge in [0, 0.05) is 23.4 Å². The van der Waals surface area contributed by atoms with Crippen LogP contribution in [0.15, 0.2) is 40.9 Å². The molecule has 1 aromatic heterocycles. The number of likely N-dealkylation sites (N-methyl/N-ethyl adjacent to an activating group) is 1. The Kier molecular flexibility index (Phi) is 4.76. The molecule has 0 bridgehead atoms. The number of nitrogens with zero attached hydrogens (tertiary/aromatic N) is 2. The van der Waals surface area contributed by atoms with Gasteiger partial charge in [0.2, 0.25) is 0 Å². The third-order valence-electron chi connectivity index (χ3n) is 4.31. The molecule has 0 spiro atoms. The van der Waals surface area contributed by atoms with E-state index >= 15 is 0 Å². The monoisotopic (exact) mass is 348 g/mol. The molecule has 1 unspecified atom stereocenters. The number of thiophene rings is 1. The van der Waals surface area contributed by atoms with Gasteiger partial charge in [-0.3, -0.25) is 0 Å². The summed E-state index contributed by atoms with van der Waals surface area (Å²) in [5.74, 6) is 0. The molecule has 3 rings (SSSR count). The van der Waals surface area contributed by atoms with Crippen molar-refractivity contribution in [2.24, 2.45) is 5.16 Å². The second kappa shape index (κ2) is 6.63. The second-order valence-electron chi connectivity index (χ2n) is 6.36. The van der Waals surface area contributed by atoms with Crippen LogP contribution in [-0.4, -0.2) is 37.9 Å². The molecule has 0 amide bonds. The molecular weight excluding hydrogens is 328 g/mol. The van der Waals surface area contributed by atoms with Crippen LogP contribution < -0.4 is 0 Å². The van der Waals surface area contributed by atoms with Crippen LogP contribution >= 0.6 is 22.9 Å². The van der Waals surface area contributed by atoms with Gasteiger partial charge in [0.1, 0.15) is 6.61 Å². The fraction of sp³-hybridized carbons (Fsp3) is 0.389. The molecule has 1 aliphatic rings. The maximum absolute atomic E-state index is 6.20. The number of oxime groups is 1. The highest BCUT2D eigenvalue weighted by atomic mass is 35.5. The van der Waals surface area contributed by atoms with Crippen LogP contribution in [0.25, 0.3) is 0 Å². The molecule has 122 valence electrons.